The Balaban J connectivity index is 3.20. The standard InChI is InChI=1S/C8H6S/c1-2-7-5-3-4-6-8(7)9/h1,3-6,9H. The molecule has 0 heterocycles. The molecule has 0 aliphatic carbocycles. The highest BCUT2D eigenvalue weighted by Gasteiger charge is 1.88. The first kappa shape index (κ1) is 6.25. The maximum atomic E-state index is 5.15. The van der Waals surface area contributed by atoms with E-state index in [1.165, 1.54) is 0 Å². The average Bonchev–Trinajstić information content (AvgIpc) is 1.89. The van der Waals surface area contributed by atoms with Crippen LogP contribution in [0.4, 0.5) is 0 Å². The molecule has 1 aromatic rings. The largest absolute Gasteiger partial charge is 0.142 e. The lowest BCUT2D eigenvalue weighted by atomic mass is 10.2. The minimum atomic E-state index is 0.848. The summed E-state index contributed by atoms with van der Waals surface area (Å²) in [7, 11) is 0. The maximum Gasteiger partial charge on any atom is 0.0375 e. The molecule has 0 saturated carbocycles. The van der Waals surface area contributed by atoms with E-state index < -0.39 is 0 Å². The molecule has 0 radical (unpaired) electrons. The molecule has 0 aliphatic heterocycles. The van der Waals surface area contributed by atoms with Crippen LogP contribution in [0.15, 0.2) is 29.2 Å². The first-order valence-electron chi connectivity index (χ1n) is 2.59. The minimum Gasteiger partial charge on any atom is -0.142 e. The lowest BCUT2D eigenvalue weighted by molar-refractivity contribution is 1.43. The van der Waals surface area contributed by atoms with Crippen LogP contribution in [0.2, 0.25) is 0 Å². The molecule has 0 fully saturated rings. The molecule has 1 rings (SSSR count). The van der Waals surface area contributed by atoms with Gasteiger partial charge in [-0.3, -0.25) is 0 Å². The van der Waals surface area contributed by atoms with E-state index in [1.54, 1.807) is 0 Å². The monoisotopic (exact) mass is 134 g/mol. The fraction of sp³-hybridized carbons (Fsp3) is 0. The number of thiol groups is 1. The predicted molar refractivity (Wildman–Crippen MR) is 41.6 cm³/mol. The van der Waals surface area contributed by atoms with E-state index in [-0.39, 0.29) is 0 Å². The van der Waals surface area contributed by atoms with E-state index in [4.69, 9.17) is 6.42 Å². The fourth-order valence-electron chi connectivity index (χ4n) is 0.596. The van der Waals surface area contributed by atoms with Crippen LogP contribution in [-0.4, -0.2) is 0 Å². The molecule has 44 valence electrons. The molecular weight excluding hydrogens is 128 g/mol. The van der Waals surface area contributed by atoms with Crippen LogP contribution in [0.1, 0.15) is 5.56 Å². The van der Waals surface area contributed by atoms with E-state index in [9.17, 15) is 0 Å². The van der Waals surface area contributed by atoms with Crippen molar-refractivity contribution < 1.29 is 0 Å². The summed E-state index contributed by atoms with van der Waals surface area (Å²) in [6, 6.07) is 7.54. The summed E-state index contributed by atoms with van der Waals surface area (Å²) in [6.45, 7) is 0. The summed E-state index contributed by atoms with van der Waals surface area (Å²) >= 11 is 4.14. The second-order valence-electron chi connectivity index (χ2n) is 1.66. The number of rotatable bonds is 0. The summed E-state index contributed by atoms with van der Waals surface area (Å²) < 4.78 is 0. The molecule has 0 aromatic heterocycles. The summed E-state index contributed by atoms with van der Waals surface area (Å²) in [6.07, 6.45) is 5.15. The zero-order valence-corrected chi connectivity index (χ0v) is 5.73. The smallest absolute Gasteiger partial charge is 0.0375 e. The van der Waals surface area contributed by atoms with E-state index in [2.05, 4.69) is 18.5 Å². The fourth-order valence-corrected chi connectivity index (χ4v) is 0.821. The quantitative estimate of drug-likeness (QED) is 0.407. The van der Waals surface area contributed by atoms with E-state index in [0.29, 0.717) is 0 Å². The van der Waals surface area contributed by atoms with Gasteiger partial charge < -0.3 is 0 Å². The Hall–Kier alpha value is -0.870. The topological polar surface area (TPSA) is 0 Å². The van der Waals surface area contributed by atoms with Crippen molar-refractivity contribution in [2.45, 2.75) is 4.90 Å². The van der Waals surface area contributed by atoms with Crippen LogP contribution < -0.4 is 0 Å². The van der Waals surface area contributed by atoms with Gasteiger partial charge in [-0.15, -0.1) is 19.1 Å². The molecule has 9 heavy (non-hydrogen) atoms. The first-order valence-corrected chi connectivity index (χ1v) is 3.04. The van der Waals surface area contributed by atoms with Gasteiger partial charge in [0.05, 0.1) is 0 Å². The molecule has 0 amide bonds. The molecule has 0 saturated heterocycles. The highest BCUT2D eigenvalue weighted by atomic mass is 32.1. The van der Waals surface area contributed by atoms with Crippen molar-refractivity contribution in [3.63, 3.8) is 0 Å². The molecule has 0 aliphatic rings. The molecule has 0 atom stereocenters. The number of hydrogen-bond acceptors (Lipinski definition) is 1. The van der Waals surface area contributed by atoms with E-state index in [0.717, 1.165) is 10.5 Å². The van der Waals surface area contributed by atoms with E-state index in [1.807, 2.05) is 24.3 Å². The zero-order chi connectivity index (χ0) is 6.69. The van der Waals surface area contributed by atoms with Crippen LogP contribution in [-0.2, 0) is 0 Å². The normalized spacial score (nSPS) is 8.44. The van der Waals surface area contributed by atoms with Crippen LogP contribution >= 0.6 is 12.6 Å². The second kappa shape index (κ2) is 2.61. The third-order valence-corrected chi connectivity index (χ3v) is 1.45. The van der Waals surface area contributed by atoms with Gasteiger partial charge in [-0.05, 0) is 12.1 Å². The summed E-state index contributed by atoms with van der Waals surface area (Å²) in [5.74, 6) is 2.52. The van der Waals surface area contributed by atoms with Gasteiger partial charge in [0.15, 0.2) is 0 Å². The van der Waals surface area contributed by atoms with Crippen molar-refractivity contribution in [1.29, 1.82) is 0 Å². The Labute approximate surface area is 60.3 Å². The lowest BCUT2D eigenvalue weighted by Crippen LogP contribution is -1.73. The van der Waals surface area contributed by atoms with Gasteiger partial charge in [0.2, 0.25) is 0 Å². The zero-order valence-electron chi connectivity index (χ0n) is 4.83. The number of hydrogen-bond donors (Lipinski definition) is 1. The lowest BCUT2D eigenvalue weighted by Gasteiger charge is -1.91. The summed E-state index contributed by atoms with van der Waals surface area (Å²) in [5, 5.41) is 0. The van der Waals surface area contributed by atoms with Gasteiger partial charge in [-0.1, -0.05) is 18.1 Å². The van der Waals surface area contributed by atoms with Crippen molar-refractivity contribution in [2.24, 2.45) is 0 Å². The number of benzene rings is 1. The van der Waals surface area contributed by atoms with Gasteiger partial charge >= 0.3 is 0 Å². The van der Waals surface area contributed by atoms with E-state index >= 15 is 0 Å². The minimum absolute atomic E-state index is 0.848. The maximum absolute atomic E-state index is 5.15. The van der Waals surface area contributed by atoms with Crippen molar-refractivity contribution in [3.05, 3.63) is 29.8 Å². The second-order valence-corrected chi connectivity index (χ2v) is 2.14. The molecule has 0 spiro atoms. The van der Waals surface area contributed by atoms with Crippen molar-refractivity contribution >= 4 is 12.6 Å². The Morgan fingerprint density at radius 1 is 1.33 bits per heavy atom. The Morgan fingerprint density at radius 3 is 2.44 bits per heavy atom. The van der Waals surface area contributed by atoms with Crippen LogP contribution in [0.3, 0.4) is 0 Å². The summed E-state index contributed by atoms with van der Waals surface area (Å²) in [4.78, 5) is 0.861. The van der Waals surface area contributed by atoms with Crippen molar-refractivity contribution in [3.8, 4) is 12.3 Å². The average molecular weight is 134 g/mol. The van der Waals surface area contributed by atoms with Crippen LogP contribution in [0.5, 0.6) is 0 Å². The van der Waals surface area contributed by atoms with Crippen LogP contribution in [0, 0.1) is 12.3 Å². The SMILES string of the molecule is C#Cc1ccccc1S. The molecular formula is C8H6S. The first-order chi connectivity index (χ1) is 4.34. The van der Waals surface area contributed by atoms with Gasteiger partial charge in [0, 0.05) is 10.5 Å². The molecule has 0 N–H and O–H groups in total. The van der Waals surface area contributed by atoms with Gasteiger partial charge in [-0.2, -0.15) is 0 Å². The predicted octanol–water partition coefficient (Wildman–Crippen LogP) is 1.96. The van der Waals surface area contributed by atoms with Crippen molar-refractivity contribution in [2.75, 3.05) is 0 Å². The Bertz CT molecular complexity index is 245. The highest BCUT2D eigenvalue weighted by molar-refractivity contribution is 7.80. The highest BCUT2D eigenvalue weighted by Crippen LogP contribution is 2.10. The Kier molecular flexibility index (Phi) is 1.81. The van der Waals surface area contributed by atoms with Crippen LogP contribution in [0.25, 0.3) is 0 Å². The van der Waals surface area contributed by atoms with Gasteiger partial charge in [0.25, 0.3) is 0 Å². The molecule has 0 nitrogen and oxygen atoms in total. The molecule has 1 aromatic carbocycles. The van der Waals surface area contributed by atoms with Gasteiger partial charge in [0.1, 0.15) is 0 Å². The van der Waals surface area contributed by atoms with Crippen molar-refractivity contribution in [1.82, 2.24) is 0 Å². The Morgan fingerprint density at radius 2 is 2.00 bits per heavy atom. The summed E-state index contributed by atoms with van der Waals surface area (Å²) in [5.41, 5.74) is 0.848. The third kappa shape index (κ3) is 1.28. The molecule has 0 unspecified atom stereocenters. The third-order valence-electron chi connectivity index (χ3n) is 1.06. The molecule has 1 heteroatoms. The molecule has 0 bridgehead atoms. The number of terminal acetylenes is 1. The van der Waals surface area contributed by atoms with Gasteiger partial charge in [-0.25, -0.2) is 0 Å².